The van der Waals surface area contributed by atoms with Gasteiger partial charge in [0.15, 0.2) is 12.4 Å². The first-order valence-corrected chi connectivity index (χ1v) is 38.5. The van der Waals surface area contributed by atoms with Crippen molar-refractivity contribution >= 4 is 11.9 Å². The third-order valence-corrected chi connectivity index (χ3v) is 17.7. The molecule has 1 fully saturated rings. The lowest BCUT2D eigenvalue weighted by Gasteiger charge is -2.41. The second-order valence-electron chi connectivity index (χ2n) is 26.4. The minimum Gasteiger partial charge on any atom is -0.454 e. The third-order valence-electron chi connectivity index (χ3n) is 17.7. The van der Waals surface area contributed by atoms with Crippen LogP contribution in [0.4, 0.5) is 0 Å². The first kappa shape index (κ1) is 86.6. The van der Waals surface area contributed by atoms with Crippen molar-refractivity contribution < 1.29 is 49.3 Å². The molecule has 8 unspecified atom stereocenters. The summed E-state index contributed by atoms with van der Waals surface area (Å²) in [7, 11) is 0. The average Bonchev–Trinajstić information content (AvgIpc) is 0.875. The van der Waals surface area contributed by atoms with Gasteiger partial charge in [-0.2, -0.15) is 0 Å². The van der Waals surface area contributed by atoms with E-state index in [1.54, 1.807) is 6.08 Å². The number of aliphatic hydroxyl groups excluding tert-OH is 5. The number of unbranched alkanes of at least 4 members (excludes halogenated alkanes) is 38. The number of ether oxygens (including phenoxy) is 3. The van der Waals surface area contributed by atoms with Gasteiger partial charge < -0.3 is 45.1 Å². The van der Waals surface area contributed by atoms with E-state index in [9.17, 15) is 35.1 Å². The molecular weight excluding hydrogens is 1150 g/mol. The molecule has 532 valence electrons. The van der Waals surface area contributed by atoms with Crippen molar-refractivity contribution in [2.24, 2.45) is 0 Å². The fraction of sp³-hybridized carbons (Fsp3) is 0.778. The predicted octanol–water partition coefficient (Wildman–Crippen LogP) is 20.6. The topological polar surface area (TPSA) is 175 Å². The van der Waals surface area contributed by atoms with Crippen LogP contribution < -0.4 is 5.32 Å². The Kier molecular flexibility index (Phi) is 63.6. The van der Waals surface area contributed by atoms with Crippen LogP contribution in [0.15, 0.2) is 97.2 Å². The molecular formula is C81H143NO10. The molecule has 0 aliphatic carbocycles. The van der Waals surface area contributed by atoms with Gasteiger partial charge in [0.2, 0.25) is 5.91 Å². The van der Waals surface area contributed by atoms with Gasteiger partial charge >= 0.3 is 5.97 Å². The van der Waals surface area contributed by atoms with Crippen LogP contribution in [0.5, 0.6) is 0 Å². The van der Waals surface area contributed by atoms with Crippen LogP contribution in [0.2, 0.25) is 0 Å². The van der Waals surface area contributed by atoms with E-state index in [0.717, 1.165) is 103 Å². The number of carbonyl (C=O) groups is 2. The van der Waals surface area contributed by atoms with E-state index >= 15 is 0 Å². The highest BCUT2D eigenvalue weighted by Crippen LogP contribution is 2.26. The van der Waals surface area contributed by atoms with Crippen molar-refractivity contribution in [3.63, 3.8) is 0 Å². The monoisotopic (exact) mass is 1290 g/mol. The molecule has 6 N–H and O–H groups in total. The molecule has 0 radical (unpaired) electrons. The van der Waals surface area contributed by atoms with E-state index in [1.807, 2.05) is 6.08 Å². The molecule has 1 rings (SSSR count). The number of allylic oxidation sites excluding steroid dienone is 15. The Morgan fingerprint density at radius 3 is 1.14 bits per heavy atom. The van der Waals surface area contributed by atoms with Gasteiger partial charge in [0.25, 0.3) is 0 Å². The summed E-state index contributed by atoms with van der Waals surface area (Å²) in [5.41, 5.74) is 0. The van der Waals surface area contributed by atoms with Gasteiger partial charge in [-0.1, -0.05) is 323 Å². The van der Waals surface area contributed by atoms with Crippen molar-refractivity contribution in [1.82, 2.24) is 5.32 Å². The molecule has 1 heterocycles. The Morgan fingerprint density at radius 2 is 0.750 bits per heavy atom. The lowest BCUT2D eigenvalue weighted by Crippen LogP contribution is -2.61. The van der Waals surface area contributed by atoms with E-state index in [0.29, 0.717) is 12.8 Å². The molecule has 1 aliphatic rings. The molecule has 0 aromatic rings. The SMILES string of the molecule is CCCCC/C=C\C/C=C\C/C=C\C/C=C\CCCCCCCCCCCCCC(=O)OC1C(OCC(NC(=O)C(O)CCCCCCCCCCCCC/C=C\C/C=C\C/C=C\CCCCC)C(O)/C=C/CCCCCCCCCCCC)OC(CO)C(O)C1O. The normalized spacial score (nSPS) is 18.5. The second-order valence-corrected chi connectivity index (χ2v) is 26.4. The Bertz CT molecular complexity index is 1870. The standard InChI is InChI=1S/C81H143NO10/c1-4-7-10-13-16-19-22-25-27-29-31-33-35-37-38-39-41-43-45-47-49-51-54-57-60-63-66-69-76(86)92-79-78(88)77(87)75(70-83)91-81(79)90-71-72(73(84)67-64-61-58-55-52-24-21-18-15-12-9-6-3)82-80(89)74(85)68-65-62-59-56-53-50-48-46-44-42-40-36-34-32-30-28-26-23-20-17-14-11-8-5-2/h16-17,19-20,25-28,31-34,37-38,64,67,72-75,77-79,81,83-85,87-88H,4-15,18,21-24,29-30,35-36,39-63,65-66,68-71H2,1-3H3,(H,82,89)/b19-16-,20-17-,27-25-,28-26-,33-31-,34-32-,38-37-,67-64+. The maximum Gasteiger partial charge on any atom is 0.306 e. The van der Waals surface area contributed by atoms with E-state index in [-0.39, 0.29) is 19.4 Å². The highest BCUT2D eigenvalue weighted by molar-refractivity contribution is 5.80. The van der Waals surface area contributed by atoms with Crippen LogP contribution in [0.1, 0.15) is 342 Å². The number of hydrogen-bond donors (Lipinski definition) is 6. The lowest BCUT2D eigenvalue weighted by molar-refractivity contribution is -0.305. The largest absolute Gasteiger partial charge is 0.454 e. The summed E-state index contributed by atoms with van der Waals surface area (Å²) in [5.74, 6) is -1.19. The first-order chi connectivity index (χ1) is 45.2. The molecule has 8 atom stereocenters. The van der Waals surface area contributed by atoms with Crippen LogP contribution in [-0.4, -0.2) is 99.6 Å². The third kappa shape index (κ3) is 53.8. The predicted molar refractivity (Wildman–Crippen MR) is 389 cm³/mol. The van der Waals surface area contributed by atoms with Crippen molar-refractivity contribution in [2.75, 3.05) is 13.2 Å². The molecule has 1 saturated heterocycles. The van der Waals surface area contributed by atoms with Crippen LogP contribution in [-0.2, 0) is 23.8 Å². The second kappa shape index (κ2) is 67.6. The molecule has 11 heteroatoms. The van der Waals surface area contributed by atoms with Gasteiger partial charge in [0.05, 0.1) is 25.4 Å². The molecule has 0 saturated carbocycles. The lowest BCUT2D eigenvalue weighted by atomic mass is 9.99. The maximum absolute atomic E-state index is 13.5. The zero-order valence-electron chi connectivity index (χ0n) is 59.4. The molecule has 92 heavy (non-hydrogen) atoms. The Balaban J connectivity index is 2.53. The van der Waals surface area contributed by atoms with Crippen molar-refractivity contribution in [3.05, 3.63) is 97.2 Å². The van der Waals surface area contributed by atoms with Crippen molar-refractivity contribution in [1.29, 1.82) is 0 Å². The zero-order valence-corrected chi connectivity index (χ0v) is 59.4. The number of rotatable bonds is 66. The van der Waals surface area contributed by atoms with Gasteiger partial charge in [0.1, 0.15) is 24.4 Å². The Hall–Kier alpha value is -3.42. The zero-order chi connectivity index (χ0) is 66.7. The van der Waals surface area contributed by atoms with Gasteiger partial charge in [-0.05, 0) is 109 Å². The maximum atomic E-state index is 13.5. The van der Waals surface area contributed by atoms with Gasteiger partial charge in [0, 0.05) is 6.42 Å². The summed E-state index contributed by atoms with van der Waals surface area (Å²) in [4.78, 5) is 26.8. The first-order valence-electron chi connectivity index (χ1n) is 38.5. The Morgan fingerprint density at radius 1 is 0.424 bits per heavy atom. The number of nitrogens with one attached hydrogen (secondary N) is 1. The summed E-state index contributed by atoms with van der Waals surface area (Å²) in [5, 5.41) is 57.4. The highest BCUT2D eigenvalue weighted by Gasteiger charge is 2.47. The summed E-state index contributed by atoms with van der Waals surface area (Å²) in [6, 6.07) is -1.03. The van der Waals surface area contributed by atoms with E-state index in [1.165, 1.54) is 193 Å². The number of amides is 1. The number of hydrogen-bond acceptors (Lipinski definition) is 10. The van der Waals surface area contributed by atoms with Crippen molar-refractivity contribution in [2.45, 2.75) is 391 Å². The summed E-state index contributed by atoms with van der Waals surface area (Å²) in [6.45, 7) is 5.77. The van der Waals surface area contributed by atoms with Crippen LogP contribution in [0, 0.1) is 0 Å². The van der Waals surface area contributed by atoms with E-state index in [4.69, 9.17) is 14.2 Å². The molecule has 0 aromatic heterocycles. The summed E-state index contributed by atoms with van der Waals surface area (Å²) >= 11 is 0. The van der Waals surface area contributed by atoms with Gasteiger partial charge in [-0.3, -0.25) is 9.59 Å². The number of aliphatic hydroxyl groups is 5. The molecule has 0 bridgehead atoms. The minimum atomic E-state index is -1.62. The highest BCUT2D eigenvalue weighted by atomic mass is 16.7. The molecule has 1 aliphatic heterocycles. The van der Waals surface area contributed by atoms with Gasteiger partial charge in [-0.25, -0.2) is 0 Å². The average molecular weight is 1290 g/mol. The molecule has 1 amide bonds. The van der Waals surface area contributed by atoms with Crippen LogP contribution >= 0.6 is 0 Å². The van der Waals surface area contributed by atoms with Crippen LogP contribution in [0.25, 0.3) is 0 Å². The van der Waals surface area contributed by atoms with E-state index < -0.39 is 67.4 Å². The fourth-order valence-corrected chi connectivity index (χ4v) is 11.6. The van der Waals surface area contributed by atoms with Gasteiger partial charge in [-0.15, -0.1) is 0 Å². The quantitative estimate of drug-likeness (QED) is 0.0195. The summed E-state index contributed by atoms with van der Waals surface area (Å²) in [6.07, 6.45) is 81.6. The molecule has 0 aromatic carbocycles. The van der Waals surface area contributed by atoms with Crippen molar-refractivity contribution in [3.8, 4) is 0 Å². The number of carbonyl (C=O) groups excluding carboxylic acids is 2. The Labute approximate surface area is 565 Å². The molecule has 11 nitrogen and oxygen atoms in total. The van der Waals surface area contributed by atoms with Crippen LogP contribution in [0.3, 0.4) is 0 Å². The molecule has 0 spiro atoms. The smallest absolute Gasteiger partial charge is 0.306 e. The minimum absolute atomic E-state index is 0.117. The van der Waals surface area contributed by atoms with E-state index in [2.05, 4.69) is 111 Å². The summed E-state index contributed by atoms with van der Waals surface area (Å²) < 4.78 is 17.7. The number of esters is 1. The fourth-order valence-electron chi connectivity index (χ4n) is 11.6.